The molecule has 0 bridgehead atoms. The van der Waals surface area contributed by atoms with Gasteiger partial charge in [0.05, 0.1) is 5.69 Å². The number of nitrogens with one attached hydrogen (secondary N) is 1. The summed E-state index contributed by atoms with van der Waals surface area (Å²) in [6.07, 6.45) is 7.01. The molecule has 5 rings (SSSR count). The summed E-state index contributed by atoms with van der Waals surface area (Å²) in [5, 5.41) is 3.37. The Morgan fingerprint density at radius 2 is 1.31 bits per heavy atom. The van der Waals surface area contributed by atoms with Gasteiger partial charge in [-0.3, -0.25) is 9.97 Å². The van der Waals surface area contributed by atoms with Crippen molar-refractivity contribution < 1.29 is 4.74 Å². The third-order valence-corrected chi connectivity index (χ3v) is 4.71. The number of ether oxygens (including phenoxy) is 1. The Labute approximate surface area is 185 Å². The zero-order chi connectivity index (χ0) is 21.6. The van der Waals surface area contributed by atoms with Crippen molar-refractivity contribution in [3.63, 3.8) is 0 Å². The van der Waals surface area contributed by atoms with Gasteiger partial charge in [0.25, 0.3) is 0 Å². The van der Waals surface area contributed by atoms with E-state index in [1.807, 2.05) is 84.9 Å². The fourth-order valence-corrected chi connectivity index (χ4v) is 3.18. The summed E-state index contributed by atoms with van der Waals surface area (Å²) in [4.78, 5) is 17.8. The van der Waals surface area contributed by atoms with Crippen LogP contribution in [0.15, 0.2) is 110 Å². The molecule has 3 heterocycles. The van der Waals surface area contributed by atoms with Crippen LogP contribution in [0.4, 0.5) is 11.5 Å². The minimum absolute atomic E-state index is 0.589. The fraction of sp³-hybridized carbons (Fsp3) is 0. The molecular formula is C26H19N5O. The van der Waals surface area contributed by atoms with Crippen molar-refractivity contribution in [3.05, 3.63) is 110 Å². The molecule has 0 atom stereocenters. The van der Waals surface area contributed by atoms with E-state index in [9.17, 15) is 0 Å². The molecule has 32 heavy (non-hydrogen) atoms. The number of hydrogen-bond acceptors (Lipinski definition) is 6. The summed E-state index contributed by atoms with van der Waals surface area (Å²) in [7, 11) is 0. The zero-order valence-electron chi connectivity index (χ0n) is 17.1. The van der Waals surface area contributed by atoms with E-state index >= 15 is 0 Å². The van der Waals surface area contributed by atoms with Crippen LogP contribution < -0.4 is 10.1 Å². The standard InChI is InChI=1S/C26H19N5O/c1-2-8-22(9-3-1)32-23-12-10-21(11-13-23)29-25-16-24(19-6-4-14-27-17-19)30-26(31-25)20-7-5-15-28-18-20/h1-18H,(H,29,30,31). The second-order valence-corrected chi connectivity index (χ2v) is 7.01. The van der Waals surface area contributed by atoms with Crippen molar-refractivity contribution >= 4 is 11.5 Å². The Hall–Kier alpha value is -4.58. The lowest BCUT2D eigenvalue weighted by Gasteiger charge is -2.11. The van der Waals surface area contributed by atoms with Crippen LogP contribution in [0.1, 0.15) is 0 Å². The summed E-state index contributed by atoms with van der Waals surface area (Å²) in [5.74, 6) is 2.82. The maximum atomic E-state index is 5.87. The maximum Gasteiger partial charge on any atom is 0.163 e. The molecule has 0 aliphatic rings. The van der Waals surface area contributed by atoms with Crippen LogP contribution in [0.5, 0.6) is 11.5 Å². The van der Waals surface area contributed by atoms with E-state index in [4.69, 9.17) is 14.7 Å². The molecule has 1 N–H and O–H groups in total. The van der Waals surface area contributed by atoms with Gasteiger partial charge < -0.3 is 10.1 Å². The van der Waals surface area contributed by atoms with Crippen molar-refractivity contribution in [3.8, 4) is 34.1 Å². The molecular weight excluding hydrogens is 398 g/mol. The average molecular weight is 417 g/mol. The van der Waals surface area contributed by atoms with Gasteiger partial charge in [0.1, 0.15) is 17.3 Å². The number of aromatic nitrogens is 4. The predicted octanol–water partition coefficient (Wildman–Crippen LogP) is 6.14. The van der Waals surface area contributed by atoms with Gasteiger partial charge in [0.15, 0.2) is 5.82 Å². The lowest BCUT2D eigenvalue weighted by atomic mass is 10.2. The van der Waals surface area contributed by atoms with Crippen LogP contribution in [0, 0.1) is 0 Å². The van der Waals surface area contributed by atoms with Crippen LogP contribution in [0.3, 0.4) is 0 Å². The molecule has 0 spiro atoms. The number of para-hydroxylation sites is 1. The van der Waals surface area contributed by atoms with Crippen LogP contribution >= 0.6 is 0 Å². The lowest BCUT2D eigenvalue weighted by Crippen LogP contribution is -1.99. The van der Waals surface area contributed by atoms with E-state index in [2.05, 4.69) is 15.3 Å². The molecule has 2 aromatic carbocycles. The van der Waals surface area contributed by atoms with Gasteiger partial charge in [0, 0.05) is 47.7 Å². The summed E-state index contributed by atoms with van der Waals surface area (Å²) in [6, 6.07) is 27.0. The van der Waals surface area contributed by atoms with Crippen LogP contribution in [0.2, 0.25) is 0 Å². The highest BCUT2D eigenvalue weighted by molar-refractivity contribution is 5.69. The van der Waals surface area contributed by atoms with Crippen molar-refractivity contribution in [1.29, 1.82) is 0 Å². The monoisotopic (exact) mass is 417 g/mol. The van der Waals surface area contributed by atoms with Crippen LogP contribution in [0.25, 0.3) is 22.6 Å². The number of hydrogen-bond donors (Lipinski definition) is 1. The van der Waals surface area contributed by atoms with E-state index in [0.29, 0.717) is 11.6 Å². The minimum Gasteiger partial charge on any atom is -0.457 e. The van der Waals surface area contributed by atoms with Gasteiger partial charge >= 0.3 is 0 Å². The van der Waals surface area contributed by atoms with Crippen LogP contribution in [-0.2, 0) is 0 Å². The van der Waals surface area contributed by atoms with Crippen LogP contribution in [-0.4, -0.2) is 19.9 Å². The second-order valence-electron chi connectivity index (χ2n) is 7.01. The lowest BCUT2D eigenvalue weighted by molar-refractivity contribution is 0.483. The van der Waals surface area contributed by atoms with E-state index < -0.39 is 0 Å². The molecule has 154 valence electrons. The Kier molecular flexibility index (Phi) is 5.49. The van der Waals surface area contributed by atoms with Gasteiger partial charge in [-0.2, -0.15) is 0 Å². The highest BCUT2D eigenvalue weighted by atomic mass is 16.5. The van der Waals surface area contributed by atoms with Crippen molar-refractivity contribution in [1.82, 2.24) is 19.9 Å². The zero-order valence-corrected chi connectivity index (χ0v) is 17.1. The molecule has 6 nitrogen and oxygen atoms in total. The highest BCUT2D eigenvalue weighted by Gasteiger charge is 2.10. The highest BCUT2D eigenvalue weighted by Crippen LogP contribution is 2.27. The molecule has 0 saturated carbocycles. The topological polar surface area (TPSA) is 72.8 Å². The van der Waals surface area contributed by atoms with Gasteiger partial charge in [0.2, 0.25) is 0 Å². The number of pyridine rings is 2. The molecule has 0 saturated heterocycles. The molecule has 0 fully saturated rings. The molecule has 6 heteroatoms. The molecule has 0 unspecified atom stereocenters. The average Bonchev–Trinajstić information content (AvgIpc) is 2.87. The Bertz CT molecular complexity index is 1240. The Morgan fingerprint density at radius 1 is 0.625 bits per heavy atom. The van der Waals surface area contributed by atoms with Crippen molar-refractivity contribution in [2.24, 2.45) is 0 Å². The van der Waals surface area contributed by atoms with Gasteiger partial charge in [-0.25, -0.2) is 9.97 Å². The van der Waals surface area contributed by atoms with E-state index in [-0.39, 0.29) is 0 Å². The molecule has 5 aromatic rings. The van der Waals surface area contributed by atoms with E-state index in [1.165, 1.54) is 0 Å². The summed E-state index contributed by atoms with van der Waals surface area (Å²) >= 11 is 0. The summed E-state index contributed by atoms with van der Waals surface area (Å²) < 4.78 is 5.87. The van der Waals surface area contributed by atoms with E-state index in [0.717, 1.165) is 34.0 Å². The molecule has 3 aromatic heterocycles. The van der Waals surface area contributed by atoms with E-state index in [1.54, 1.807) is 24.8 Å². The van der Waals surface area contributed by atoms with Crippen molar-refractivity contribution in [2.45, 2.75) is 0 Å². The molecule has 0 radical (unpaired) electrons. The first kappa shape index (κ1) is 19.4. The quantitative estimate of drug-likeness (QED) is 0.358. The molecule has 0 aliphatic carbocycles. The third kappa shape index (κ3) is 4.60. The summed E-state index contributed by atoms with van der Waals surface area (Å²) in [5.41, 5.74) is 3.42. The number of nitrogens with zero attached hydrogens (tertiary/aromatic N) is 4. The first-order valence-electron chi connectivity index (χ1n) is 10.1. The predicted molar refractivity (Wildman–Crippen MR) is 125 cm³/mol. The van der Waals surface area contributed by atoms with Gasteiger partial charge in [-0.05, 0) is 60.7 Å². The fourth-order valence-electron chi connectivity index (χ4n) is 3.18. The SMILES string of the molecule is c1ccc(Oc2ccc(Nc3cc(-c4cccnc4)nc(-c4cccnc4)n3)cc2)cc1. The molecule has 0 aliphatic heterocycles. The first-order chi connectivity index (χ1) is 15.8. The minimum atomic E-state index is 0.589. The Balaban J connectivity index is 1.43. The smallest absolute Gasteiger partial charge is 0.163 e. The normalized spacial score (nSPS) is 10.5. The first-order valence-corrected chi connectivity index (χ1v) is 10.1. The number of benzene rings is 2. The van der Waals surface area contributed by atoms with Crippen molar-refractivity contribution in [2.75, 3.05) is 5.32 Å². The summed E-state index contributed by atoms with van der Waals surface area (Å²) in [6.45, 7) is 0. The largest absolute Gasteiger partial charge is 0.457 e. The molecule has 0 amide bonds. The second kappa shape index (κ2) is 9.06. The number of rotatable bonds is 6. The number of anilines is 2. The Morgan fingerprint density at radius 3 is 2.00 bits per heavy atom. The third-order valence-electron chi connectivity index (χ3n) is 4.71. The maximum absolute atomic E-state index is 5.87. The van der Waals surface area contributed by atoms with Gasteiger partial charge in [-0.1, -0.05) is 18.2 Å². The van der Waals surface area contributed by atoms with Gasteiger partial charge in [-0.15, -0.1) is 0 Å².